The maximum Gasteiger partial charge on any atom is 0.407 e. The fraction of sp³-hybridized carbons (Fsp3) is 0.400. The van der Waals surface area contributed by atoms with Gasteiger partial charge in [-0.15, -0.1) is 0 Å². The number of alkyl carbamates (subject to hydrolysis) is 1. The normalized spacial score (nSPS) is 20.3. The number of carbonyl (C=O) groups is 3. The minimum atomic E-state index is -1.18. The lowest BCUT2D eigenvalue weighted by molar-refractivity contribution is -0.149. The highest BCUT2D eigenvalue weighted by atomic mass is 16.5. The van der Waals surface area contributed by atoms with Gasteiger partial charge in [0.05, 0.1) is 6.10 Å². The zero-order valence-electron chi connectivity index (χ0n) is 18.6. The topological polar surface area (TPSA) is 116 Å². The van der Waals surface area contributed by atoms with Crippen molar-refractivity contribution in [2.45, 2.75) is 44.4 Å². The van der Waals surface area contributed by atoms with Gasteiger partial charge in [0.2, 0.25) is 5.91 Å². The second kappa shape index (κ2) is 9.23. The van der Waals surface area contributed by atoms with Crippen LogP contribution in [0.5, 0.6) is 0 Å². The first-order valence-corrected chi connectivity index (χ1v) is 11.1. The standard InChI is InChI=1S/C25H28N2O6/c1-14(2)22(23(29)27-12-15(28)11-21(27)24(30)31)26-25(32)33-13-20-18-9-5-3-7-16(18)17-8-4-6-10-19(17)20/h3-10,14-15,20-22,28H,11-13H2,1-2H3,(H,26,32)(H,30,31)/t15?,21-,22+/m0/s1. The Morgan fingerprint density at radius 1 is 1.06 bits per heavy atom. The molecule has 0 spiro atoms. The molecule has 1 aliphatic heterocycles. The van der Waals surface area contributed by atoms with Crippen molar-refractivity contribution in [2.75, 3.05) is 13.2 Å². The average molecular weight is 453 g/mol. The number of benzene rings is 2. The number of aliphatic hydroxyl groups excluding tert-OH is 1. The zero-order chi connectivity index (χ0) is 23.7. The maximum atomic E-state index is 13.1. The summed E-state index contributed by atoms with van der Waals surface area (Å²) in [5, 5.41) is 21.9. The summed E-state index contributed by atoms with van der Waals surface area (Å²) in [6.07, 6.45) is -1.68. The second-order valence-electron chi connectivity index (χ2n) is 8.93. The summed E-state index contributed by atoms with van der Waals surface area (Å²) < 4.78 is 5.54. The van der Waals surface area contributed by atoms with Crippen LogP contribution in [0.4, 0.5) is 4.79 Å². The van der Waals surface area contributed by atoms with Crippen molar-refractivity contribution in [1.82, 2.24) is 10.2 Å². The molecule has 0 aromatic heterocycles. The SMILES string of the molecule is CC(C)[C@@H](NC(=O)OCC1c2ccccc2-c2ccccc21)C(=O)N1CC(O)C[C@H]1C(=O)O. The number of nitrogens with one attached hydrogen (secondary N) is 1. The fourth-order valence-corrected chi connectivity index (χ4v) is 4.75. The van der Waals surface area contributed by atoms with E-state index in [1.165, 1.54) is 0 Å². The molecule has 1 aliphatic carbocycles. The van der Waals surface area contributed by atoms with Gasteiger partial charge in [0, 0.05) is 18.9 Å². The number of fused-ring (bicyclic) bond motifs is 3. The number of amides is 2. The highest BCUT2D eigenvalue weighted by Gasteiger charge is 2.42. The first kappa shape index (κ1) is 22.8. The molecule has 0 saturated carbocycles. The Morgan fingerprint density at radius 2 is 1.64 bits per heavy atom. The quantitative estimate of drug-likeness (QED) is 0.620. The van der Waals surface area contributed by atoms with E-state index in [0.29, 0.717) is 0 Å². The molecule has 8 nitrogen and oxygen atoms in total. The van der Waals surface area contributed by atoms with Crippen molar-refractivity contribution in [2.24, 2.45) is 5.92 Å². The number of hydrogen-bond acceptors (Lipinski definition) is 5. The predicted molar refractivity (Wildman–Crippen MR) is 121 cm³/mol. The number of likely N-dealkylation sites (tertiary alicyclic amines) is 1. The van der Waals surface area contributed by atoms with Crippen molar-refractivity contribution in [1.29, 1.82) is 0 Å². The number of carbonyl (C=O) groups excluding carboxylic acids is 2. The van der Waals surface area contributed by atoms with Gasteiger partial charge in [-0.25, -0.2) is 9.59 Å². The van der Waals surface area contributed by atoms with Gasteiger partial charge in [-0.05, 0) is 28.2 Å². The van der Waals surface area contributed by atoms with E-state index in [4.69, 9.17) is 4.74 Å². The van der Waals surface area contributed by atoms with Gasteiger partial charge in [-0.3, -0.25) is 4.79 Å². The summed E-state index contributed by atoms with van der Waals surface area (Å²) in [4.78, 5) is 38.4. The van der Waals surface area contributed by atoms with Gasteiger partial charge in [0.1, 0.15) is 18.7 Å². The van der Waals surface area contributed by atoms with E-state index in [0.717, 1.165) is 27.2 Å². The Hall–Kier alpha value is -3.39. The van der Waals surface area contributed by atoms with E-state index < -0.39 is 36.2 Å². The summed E-state index contributed by atoms with van der Waals surface area (Å²) in [6.45, 7) is 3.55. The van der Waals surface area contributed by atoms with E-state index in [-0.39, 0.29) is 31.4 Å². The summed E-state index contributed by atoms with van der Waals surface area (Å²) >= 11 is 0. The number of ether oxygens (including phenoxy) is 1. The molecule has 4 rings (SSSR count). The molecule has 0 bridgehead atoms. The van der Waals surface area contributed by atoms with Crippen molar-refractivity contribution in [3.05, 3.63) is 59.7 Å². The Bertz CT molecular complexity index is 1020. The molecule has 0 radical (unpaired) electrons. The van der Waals surface area contributed by atoms with Crippen LogP contribution in [0.2, 0.25) is 0 Å². The van der Waals surface area contributed by atoms with E-state index in [2.05, 4.69) is 5.32 Å². The highest BCUT2D eigenvalue weighted by molar-refractivity contribution is 5.90. The zero-order valence-corrected chi connectivity index (χ0v) is 18.6. The van der Waals surface area contributed by atoms with Crippen LogP contribution < -0.4 is 5.32 Å². The first-order chi connectivity index (χ1) is 15.8. The lowest BCUT2D eigenvalue weighted by Gasteiger charge is -2.29. The molecule has 2 aromatic rings. The third-order valence-corrected chi connectivity index (χ3v) is 6.40. The maximum absolute atomic E-state index is 13.1. The summed E-state index contributed by atoms with van der Waals surface area (Å²) in [6, 6.07) is 13.9. The molecule has 1 heterocycles. The first-order valence-electron chi connectivity index (χ1n) is 11.1. The molecule has 1 unspecified atom stereocenters. The van der Waals surface area contributed by atoms with Gasteiger partial charge in [-0.2, -0.15) is 0 Å². The van der Waals surface area contributed by atoms with Crippen LogP contribution in [0, 0.1) is 5.92 Å². The Balaban J connectivity index is 1.44. The Labute approximate surface area is 192 Å². The van der Waals surface area contributed by atoms with Gasteiger partial charge in [0.25, 0.3) is 0 Å². The number of carboxylic acids is 1. The molecule has 1 saturated heterocycles. The molecule has 33 heavy (non-hydrogen) atoms. The van der Waals surface area contributed by atoms with Crippen molar-refractivity contribution >= 4 is 18.0 Å². The molecule has 2 aromatic carbocycles. The molecule has 1 fully saturated rings. The molecule has 3 N–H and O–H groups in total. The molecule has 3 atom stereocenters. The summed E-state index contributed by atoms with van der Waals surface area (Å²) in [5.74, 6) is -2.13. The van der Waals surface area contributed by atoms with Gasteiger partial charge >= 0.3 is 12.1 Å². The van der Waals surface area contributed by atoms with Crippen molar-refractivity contribution < 1.29 is 29.3 Å². The van der Waals surface area contributed by atoms with Crippen LogP contribution in [0.1, 0.15) is 37.3 Å². The van der Waals surface area contributed by atoms with Gasteiger partial charge in [-0.1, -0.05) is 62.4 Å². The molecular weight excluding hydrogens is 424 g/mol. The third-order valence-electron chi connectivity index (χ3n) is 6.40. The minimum absolute atomic E-state index is 0.0309. The van der Waals surface area contributed by atoms with Crippen LogP contribution in [0.15, 0.2) is 48.5 Å². The number of β-amino-alcohol motifs (C(OH)–C–C–N with tert-alkyl or cyclic N) is 1. The molecule has 2 amide bonds. The van der Waals surface area contributed by atoms with Crippen molar-refractivity contribution in [3.8, 4) is 11.1 Å². The van der Waals surface area contributed by atoms with Gasteiger partial charge < -0.3 is 25.2 Å². The number of carboxylic acid groups (broad SMARTS) is 1. The van der Waals surface area contributed by atoms with Crippen molar-refractivity contribution in [3.63, 3.8) is 0 Å². The number of aliphatic hydroxyl groups is 1. The lowest BCUT2D eigenvalue weighted by atomic mass is 9.98. The second-order valence-corrected chi connectivity index (χ2v) is 8.93. The van der Waals surface area contributed by atoms with Crippen LogP contribution in [-0.2, 0) is 14.3 Å². The Morgan fingerprint density at radius 3 is 2.18 bits per heavy atom. The van der Waals surface area contributed by atoms with E-state index >= 15 is 0 Å². The van der Waals surface area contributed by atoms with E-state index in [9.17, 15) is 24.6 Å². The molecule has 2 aliphatic rings. The van der Waals surface area contributed by atoms with E-state index in [1.807, 2.05) is 48.5 Å². The average Bonchev–Trinajstić information content (AvgIpc) is 3.34. The van der Waals surface area contributed by atoms with Crippen LogP contribution in [-0.4, -0.2) is 64.4 Å². The third kappa shape index (κ3) is 4.43. The lowest BCUT2D eigenvalue weighted by Crippen LogP contribution is -2.54. The Kier molecular flexibility index (Phi) is 6.37. The molecule has 174 valence electrons. The minimum Gasteiger partial charge on any atom is -0.480 e. The smallest absolute Gasteiger partial charge is 0.407 e. The number of nitrogens with zero attached hydrogens (tertiary/aromatic N) is 1. The number of aliphatic carboxylic acids is 1. The van der Waals surface area contributed by atoms with Crippen LogP contribution >= 0.6 is 0 Å². The van der Waals surface area contributed by atoms with Crippen LogP contribution in [0.3, 0.4) is 0 Å². The number of rotatable bonds is 6. The van der Waals surface area contributed by atoms with Crippen LogP contribution in [0.25, 0.3) is 11.1 Å². The predicted octanol–water partition coefficient (Wildman–Crippen LogP) is 2.60. The van der Waals surface area contributed by atoms with Gasteiger partial charge in [0.15, 0.2) is 0 Å². The fourth-order valence-electron chi connectivity index (χ4n) is 4.75. The highest BCUT2D eigenvalue weighted by Crippen LogP contribution is 2.44. The summed E-state index contributed by atoms with van der Waals surface area (Å²) in [5.41, 5.74) is 4.39. The number of hydrogen-bond donors (Lipinski definition) is 3. The largest absolute Gasteiger partial charge is 0.480 e. The monoisotopic (exact) mass is 452 g/mol. The molecular formula is C25H28N2O6. The summed E-state index contributed by atoms with van der Waals surface area (Å²) in [7, 11) is 0. The molecule has 8 heteroatoms. The van der Waals surface area contributed by atoms with E-state index in [1.54, 1.807) is 13.8 Å².